The minimum Gasteiger partial charge on any atom is -0.462 e. The molecule has 1 aliphatic heterocycles. The summed E-state index contributed by atoms with van der Waals surface area (Å²) < 4.78 is 6.99. The van der Waals surface area contributed by atoms with Gasteiger partial charge in [-0.05, 0) is 31.2 Å². The average molecular weight is 433 g/mol. The second kappa shape index (κ2) is 7.67. The van der Waals surface area contributed by atoms with Crippen LogP contribution in [-0.2, 0) is 9.53 Å². The van der Waals surface area contributed by atoms with E-state index in [-0.39, 0.29) is 18.1 Å². The summed E-state index contributed by atoms with van der Waals surface area (Å²) in [6.45, 7) is 6.02. The van der Waals surface area contributed by atoms with E-state index in [1.165, 1.54) is 0 Å². The molecule has 32 heavy (non-hydrogen) atoms. The summed E-state index contributed by atoms with van der Waals surface area (Å²) >= 11 is 0. The molecule has 3 aromatic heterocycles. The fourth-order valence-corrected chi connectivity index (χ4v) is 4.32. The zero-order valence-corrected chi connectivity index (χ0v) is 17.9. The van der Waals surface area contributed by atoms with E-state index < -0.39 is 11.4 Å². The van der Waals surface area contributed by atoms with E-state index in [1.807, 2.05) is 33.6 Å². The molecular weight excluding hydrogens is 410 g/mol. The molecule has 1 N–H and O–H groups in total. The van der Waals surface area contributed by atoms with E-state index in [4.69, 9.17) is 9.72 Å². The van der Waals surface area contributed by atoms with Crippen molar-refractivity contribution in [1.29, 1.82) is 0 Å². The number of carbonyl (C=O) groups excluding carboxylic acids is 2. The number of rotatable bonds is 3. The number of aromatic nitrogens is 3. The molecule has 4 aromatic rings. The SMILES string of the molecule is CCOC(=O)c1c(=O)c2ccc(N3CCN(C(C)=O)CC3)nc2n2c1[nH]c1ccccc12. The maximum absolute atomic E-state index is 13.3. The second-order valence-electron chi connectivity index (χ2n) is 7.78. The van der Waals surface area contributed by atoms with Gasteiger partial charge in [-0.3, -0.25) is 14.0 Å². The highest BCUT2D eigenvalue weighted by atomic mass is 16.5. The lowest BCUT2D eigenvalue weighted by atomic mass is 10.1. The minimum atomic E-state index is -0.659. The van der Waals surface area contributed by atoms with Gasteiger partial charge in [0.05, 0.1) is 23.0 Å². The zero-order valence-electron chi connectivity index (χ0n) is 17.9. The number of fused-ring (bicyclic) bond motifs is 5. The predicted octanol–water partition coefficient (Wildman–Crippen LogP) is 2.17. The lowest BCUT2D eigenvalue weighted by Gasteiger charge is -2.35. The number of amides is 1. The summed E-state index contributed by atoms with van der Waals surface area (Å²) in [5, 5.41) is 0.349. The molecule has 1 saturated heterocycles. The van der Waals surface area contributed by atoms with E-state index in [9.17, 15) is 14.4 Å². The third-order valence-electron chi connectivity index (χ3n) is 5.93. The van der Waals surface area contributed by atoms with Crippen LogP contribution in [0.1, 0.15) is 24.2 Å². The number of anilines is 1. The van der Waals surface area contributed by atoms with Gasteiger partial charge in [0.25, 0.3) is 0 Å². The Morgan fingerprint density at radius 3 is 2.56 bits per heavy atom. The molecule has 1 aliphatic rings. The topological polar surface area (TPSA) is 100 Å². The van der Waals surface area contributed by atoms with Crippen LogP contribution < -0.4 is 10.3 Å². The van der Waals surface area contributed by atoms with E-state index >= 15 is 0 Å². The van der Waals surface area contributed by atoms with Gasteiger partial charge in [-0.25, -0.2) is 9.78 Å². The van der Waals surface area contributed by atoms with E-state index in [2.05, 4.69) is 9.88 Å². The molecule has 4 heterocycles. The zero-order chi connectivity index (χ0) is 22.4. The van der Waals surface area contributed by atoms with Crippen LogP contribution in [0.15, 0.2) is 41.2 Å². The minimum absolute atomic E-state index is 0.0276. The summed E-state index contributed by atoms with van der Waals surface area (Å²) in [5.41, 5.74) is 2.00. The quantitative estimate of drug-likeness (QED) is 0.497. The number of H-pyrrole nitrogens is 1. The molecule has 0 radical (unpaired) electrons. The molecule has 0 spiro atoms. The molecule has 5 rings (SSSR count). The summed E-state index contributed by atoms with van der Waals surface area (Å²) in [7, 11) is 0. The first-order valence-electron chi connectivity index (χ1n) is 10.6. The number of pyridine rings is 2. The van der Waals surface area contributed by atoms with Gasteiger partial charge in [-0.15, -0.1) is 0 Å². The highest BCUT2D eigenvalue weighted by molar-refractivity contribution is 6.03. The molecule has 9 heteroatoms. The number of hydrogen-bond acceptors (Lipinski definition) is 6. The Kier molecular flexibility index (Phi) is 4.80. The average Bonchev–Trinajstić information content (AvgIpc) is 3.18. The van der Waals surface area contributed by atoms with Crippen LogP contribution in [0.4, 0.5) is 5.82 Å². The number of ether oxygens (including phenoxy) is 1. The van der Waals surface area contributed by atoms with Crippen molar-refractivity contribution in [1.82, 2.24) is 19.3 Å². The molecule has 1 fully saturated rings. The Morgan fingerprint density at radius 1 is 1.09 bits per heavy atom. The number of aromatic amines is 1. The Labute approximate surface area is 183 Å². The van der Waals surface area contributed by atoms with Gasteiger partial charge in [0.2, 0.25) is 11.3 Å². The summed E-state index contributed by atoms with van der Waals surface area (Å²) in [5.74, 6) is 0.130. The number of esters is 1. The first-order chi connectivity index (χ1) is 15.5. The molecular formula is C23H23N5O4. The number of piperazine rings is 1. The summed E-state index contributed by atoms with van der Waals surface area (Å²) in [6.07, 6.45) is 0. The van der Waals surface area contributed by atoms with Crippen LogP contribution in [0.3, 0.4) is 0 Å². The van der Waals surface area contributed by atoms with Crippen molar-refractivity contribution in [2.45, 2.75) is 13.8 Å². The first-order valence-corrected chi connectivity index (χ1v) is 10.6. The number of hydrogen-bond donors (Lipinski definition) is 1. The number of nitrogens with one attached hydrogen (secondary N) is 1. The molecule has 9 nitrogen and oxygen atoms in total. The van der Waals surface area contributed by atoms with E-state index in [0.717, 1.165) is 16.9 Å². The maximum atomic E-state index is 13.3. The van der Waals surface area contributed by atoms with Gasteiger partial charge >= 0.3 is 5.97 Å². The standard InChI is InChI=1S/C23H23N5O4/c1-3-32-23(31)19-20(30)15-8-9-18(27-12-10-26(11-13-27)14(2)29)25-21(15)28-17-7-5-4-6-16(17)24-22(19)28/h4-9,24H,3,10-13H2,1-2H3. The third-order valence-corrected chi connectivity index (χ3v) is 5.93. The van der Waals surface area contributed by atoms with E-state index in [1.54, 1.807) is 26.0 Å². The van der Waals surface area contributed by atoms with Crippen LogP contribution in [0.2, 0.25) is 0 Å². The Bertz CT molecular complexity index is 1430. The van der Waals surface area contributed by atoms with Crippen molar-refractivity contribution in [3.63, 3.8) is 0 Å². The van der Waals surface area contributed by atoms with Gasteiger partial charge in [0, 0.05) is 33.1 Å². The Morgan fingerprint density at radius 2 is 1.84 bits per heavy atom. The fraction of sp³-hybridized carbons (Fsp3) is 0.304. The molecule has 1 amide bonds. The Balaban J connectivity index is 1.73. The smallest absolute Gasteiger partial charge is 0.345 e. The maximum Gasteiger partial charge on any atom is 0.345 e. The number of benzene rings is 1. The fourth-order valence-electron chi connectivity index (χ4n) is 4.32. The highest BCUT2D eigenvalue weighted by Crippen LogP contribution is 2.25. The van der Waals surface area contributed by atoms with Crippen molar-refractivity contribution in [2.24, 2.45) is 0 Å². The lowest BCUT2D eigenvalue weighted by molar-refractivity contribution is -0.129. The Hall–Kier alpha value is -3.88. The lowest BCUT2D eigenvalue weighted by Crippen LogP contribution is -2.48. The van der Waals surface area contributed by atoms with Crippen LogP contribution in [-0.4, -0.2) is 63.9 Å². The van der Waals surface area contributed by atoms with Crippen LogP contribution in [0, 0.1) is 0 Å². The number of carbonyl (C=O) groups is 2. The number of para-hydroxylation sites is 2. The molecule has 0 unspecified atom stereocenters. The van der Waals surface area contributed by atoms with Gasteiger partial charge in [-0.2, -0.15) is 0 Å². The van der Waals surface area contributed by atoms with Gasteiger partial charge in [-0.1, -0.05) is 12.1 Å². The van der Waals surface area contributed by atoms with Gasteiger partial charge in [0.15, 0.2) is 5.65 Å². The van der Waals surface area contributed by atoms with Crippen molar-refractivity contribution >= 4 is 45.4 Å². The van der Waals surface area contributed by atoms with Crippen LogP contribution in [0.5, 0.6) is 0 Å². The summed E-state index contributed by atoms with van der Waals surface area (Å²) in [6, 6.07) is 11.1. The van der Waals surface area contributed by atoms with Gasteiger partial charge < -0.3 is 19.5 Å². The molecule has 1 aromatic carbocycles. The predicted molar refractivity (Wildman–Crippen MR) is 121 cm³/mol. The molecule has 0 atom stereocenters. The van der Waals surface area contributed by atoms with Crippen molar-refractivity contribution in [2.75, 3.05) is 37.7 Å². The van der Waals surface area contributed by atoms with E-state index in [0.29, 0.717) is 42.9 Å². The number of nitrogens with zero attached hydrogens (tertiary/aromatic N) is 4. The first kappa shape index (κ1) is 20.0. The third kappa shape index (κ3) is 3.08. The van der Waals surface area contributed by atoms with Gasteiger partial charge in [0.1, 0.15) is 17.0 Å². The number of imidazole rings is 1. The van der Waals surface area contributed by atoms with Crippen molar-refractivity contribution < 1.29 is 14.3 Å². The van der Waals surface area contributed by atoms with Crippen LogP contribution in [0.25, 0.3) is 27.7 Å². The highest BCUT2D eigenvalue weighted by Gasteiger charge is 2.25. The largest absolute Gasteiger partial charge is 0.462 e. The monoisotopic (exact) mass is 433 g/mol. The normalized spacial score (nSPS) is 14.4. The van der Waals surface area contributed by atoms with Crippen molar-refractivity contribution in [3.8, 4) is 0 Å². The van der Waals surface area contributed by atoms with Crippen LogP contribution >= 0.6 is 0 Å². The molecule has 0 saturated carbocycles. The molecule has 164 valence electrons. The second-order valence-corrected chi connectivity index (χ2v) is 7.78. The molecule has 0 aliphatic carbocycles. The van der Waals surface area contributed by atoms with Crippen molar-refractivity contribution in [3.05, 3.63) is 52.2 Å². The molecule has 0 bridgehead atoms. The summed E-state index contributed by atoms with van der Waals surface area (Å²) in [4.78, 5) is 49.6.